The van der Waals surface area contributed by atoms with Crippen LogP contribution in [0, 0.1) is 0 Å². The summed E-state index contributed by atoms with van der Waals surface area (Å²) in [5, 5.41) is 3.44. The van der Waals surface area contributed by atoms with Gasteiger partial charge in [-0.2, -0.15) is 4.98 Å². The third-order valence-corrected chi connectivity index (χ3v) is 6.41. The molecule has 3 aromatic rings. The lowest BCUT2D eigenvalue weighted by atomic mass is 9.86. The van der Waals surface area contributed by atoms with E-state index in [9.17, 15) is 9.59 Å². The van der Waals surface area contributed by atoms with Crippen LogP contribution in [0.4, 0.5) is 5.82 Å². The van der Waals surface area contributed by atoms with Gasteiger partial charge in [-0.3, -0.25) is 9.59 Å². The number of aromatic nitrogens is 2. The lowest BCUT2D eigenvalue weighted by Gasteiger charge is -2.27. The van der Waals surface area contributed by atoms with Crippen molar-refractivity contribution in [1.29, 1.82) is 0 Å². The molecule has 1 amide bonds. The summed E-state index contributed by atoms with van der Waals surface area (Å²) in [4.78, 5) is 29.9. The smallest absolute Gasteiger partial charge is 0.279 e. The predicted molar refractivity (Wildman–Crippen MR) is 113 cm³/mol. The maximum absolute atomic E-state index is 13.0. The van der Waals surface area contributed by atoms with Crippen molar-refractivity contribution < 1.29 is 14.3 Å². The molecule has 8 heteroatoms. The number of anilines is 1. The van der Waals surface area contributed by atoms with Crippen molar-refractivity contribution in [2.24, 2.45) is 7.05 Å². The van der Waals surface area contributed by atoms with Crippen LogP contribution in [0.1, 0.15) is 29.0 Å². The molecule has 0 unspecified atom stereocenters. The molecule has 7 nitrogen and oxygen atoms in total. The minimum atomic E-state index is -0.386. The van der Waals surface area contributed by atoms with Crippen molar-refractivity contribution >= 4 is 23.5 Å². The van der Waals surface area contributed by atoms with Gasteiger partial charge in [-0.15, -0.1) is 0 Å². The number of hydrogen-bond donors (Lipinski definition) is 1. The van der Waals surface area contributed by atoms with E-state index in [1.54, 1.807) is 4.57 Å². The zero-order valence-electron chi connectivity index (χ0n) is 16.3. The summed E-state index contributed by atoms with van der Waals surface area (Å²) in [6.45, 7) is 0.172. The Bertz CT molecular complexity index is 1190. The summed E-state index contributed by atoms with van der Waals surface area (Å²) in [6.07, 6.45) is 0.181. The highest BCUT2D eigenvalue weighted by Gasteiger charge is 2.33. The average Bonchev–Trinajstić information content (AvgIpc) is 3.23. The Morgan fingerprint density at radius 1 is 1.13 bits per heavy atom. The second kappa shape index (κ2) is 7.53. The number of ether oxygens (including phenoxy) is 2. The molecule has 5 rings (SSSR count). The zero-order chi connectivity index (χ0) is 20.7. The van der Waals surface area contributed by atoms with Gasteiger partial charge in [0, 0.05) is 25.1 Å². The Labute approximate surface area is 177 Å². The molecule has 2 aliphatic rings. The molecule has 2 aromatic carbocycles. The molecule has 3 heterocycles. The normalized spacial score (nSPS) is 16.8. The molecule has 30 heavy (non-hydrogen) atoms. The first-order chi connectivity index (χ1) is 14.6. The van der Waals surface area contributed by atoms with Gasteiger partial charge in [-0.1, -0.05) is 48.2 Å². The van der Waals surface area contributed by atoms with Crippen molar-refractivity contribution in [1.82, 2.24) is 9.55 Å². The molecule has 0 bridgehead atoms. The number of rotatable bonds is 4. The first kappa shape index (κ1) is 18.7. The molecule has 0 fully saturated rings. The molecular weight excluding hydrogens is 402 g/mol. The van der Waals surface area contributed by atoms with Crippen LogP contribution in [0.25, 0.3) is 0 Å². The third-order valence-electron chi connectivity index (χ3n) is 5.31. The first-order valence-corrected chi connectivity index (χ1v) is 10.6. The molecule has 0 radical (unpaired) electrons. The maximum Gasteiger partial charge on any atom is 0.279 e. The monoisotopic (exact) mass is 421 g/mol. The first-order valence-electron chi connectivity index (χ1n) is 9.57. The number of benzene rings is 2. The van der Waals surface area contributed by atoms with Crippen molar-refractivity contribution in [2.45, 2.75) is 23.2 Å². The minimum absolute atomic E-state index is 0.134. The number of amides is 1. The maximum atomic E-state index is 13.0. The fourth-order valence-electron chi connectivity index (χ4n) is 3.80. The van der Waals surface area contributed by atoms with Gasteiger partial charge in [0.2, 0.25) is 12.7 Å². The number of nitrogens with zero attached hydrogens (tertiary/aromatic N) is 2. The Morgan fingerprint density at radius 3 is 2.77 bits per heavy atom. The molecule has 1 N–H and O–H groups in total. The topological polar surface area (TPSA) is 82.5 Å². The Balaban J connectivity index is 1.52. The fraction of sp³-hybridized carbons (Fsp3) is 0.227. The summed E-state index contributed by atoms with van der Waals surface area (Å²) >= 11 is 1.47. The number of carbonyl (C=O) groups is 1. The van der Waals surface area contributed by atoms with Crippen LogP contribution >= 0.6 is 11.8 Å². The minimum Gasteiger partial charge on any atom is -0.454 e. The van der Waals surface area contributed by atoms with Gasteiger partial charge < -0.3 is 19.4 Å². The van der Waals surface area contributed by atoms with E-state index in [0.717, 1.165) is 11.1 Å². The van der Waals surface area contributed by atoms with E-state index in [2.05, 4.69) is 10.3 Å². The quantitative estimate of drug-likeness (QED) is 0.514. The van der Waals surface area contributed by atoms with Crippen molar-refractivity contribution in [3.05, 3.63) is 75.6 Å². The van der Waals surface area contributed by atoms with E-state index >= 15 is 0 Å². The van der Waals surface area contributed by atoms with Gasteiger partial charge in [0.25, 0.3) is 5.56 Å². The highest BCUT2D eigenvalue weighted by atomic mass is 32.2. The van der Waals surface area contributed by atoms with Crippen molar-refractivity contribution in [2.75, 3.05) is 12.1 Å². The van der Waals surface area contributed by atoms with Crippen LogP contribution in [-0.4, -0.2) is 22.3 Å². The van der Waals surface area contributed by atoms with E-state index in [-0.39, 0.29) is 30.6 Å². The molecule has 0 saturated carbocycles. The molecule has 0 aliphatic carbocycles. The highest BCUT2D eigenvalue weighted by molar-refractivity contribution is 7.98. The van der Waals surface area contributed by atoms with Crippen molar-refractivity contribution in [3.8, 4) is 11.5 Å². The SMILES string of the molecule is Cn1c(SCc2ccccc2)nc(=O)c2c1NC(=O)C[C@H]2c1ccc2c(c1)OCO2. The van der Waals surface area contributed by atoms with E-state index in [0.29, 0.717) is 33.8 Å². The van der Waals surface area contributed by atoms with Crippen LogP contribution in [-0.2, 0) is 17.6 Å². The van der Waals surface area contributed by atoms with Gasteiger partial charge in [0.15, 0.2) is 16.7 Å². The second-order valence-corrected chi connectivity index (χ2v) is 8.16. The van der Waals surface area contributed by atoms with E-state index in [4.69, 9.17) is 9.47 Å². The highest BCUT2D eigenvalue weighted by Crippen LogP contribution is 2.40. The predicted octanol–water partition coefficient (Wildman–Crippen LogP) is 3.28. The van der Waals surface area contributed by atoms with Gasteiger partial charge in [0.05, 0.1) is 5.56 Å². The number of carbonyl (C=O) groups excluding carboxylic acids is 1. The van der Waals surface area contributed by atoms with Gasteiger partial charge in [0.1, 0.15) is 5.82 Å². The van der Waals surface area contributed by atoms with Crippen LogP contribution in [0.5, 0.6) is 11.5 Å². The Hall–Kier alpha value is -3.26. The summed E-state index contributed by atoms with van der Waals surface area (Å²) in [5.74, 6) is 1.95. The van der Waals surface area contributed by atoms with Gasteiger partial charge in [-0.05, 0) is 23.3 Å². The fourth-order valence-corrected chi connectivity index (χ4v) is 4.72. The van der Waals surface area contributed by atoms with Gasteiger partial charge >= 0.3 is 0 Å². The summed E-state index contributed by atoms with van der Waals surface area (Å²) in [6, 6.07) is 15.5. The summed E-state index contributed by atoms with van der Waals surface area (Å²) < 4.78 is 12.6. The zero-order valence-corrected chi connectivity index (χ0v) is 17.1. The number of thioether (sulfide) groups is 1. The second-order valence-electron chi connectivity index (χ2n) is 7.21. The lowest BCUT2D eigenvalue weighted by molar-refractivity contribution is -0.116. The Morgan fingerprint density at radius 2 is 1.93 bits per heavy atom. The number of hydrogen-bond acceptors (Lipinski definition) is 6. The standard InChI is InChI=1S/C22H19N3O4S/c1-25-20-19(21(27)24-22(25)30-11-13-5-3-2-4-6-13)15(10-18(26)23-20)14-7-8-16-17(9-14)29-12-28-16/h2-9,15H,10-12H2,1H3,(H,23,26)/t15-/m0/s1. The molecule has 152 valence electrons. The number of nitrogens with one attached hydrogen (secondary N) is 1. The number of fused-ring (bicyclic) bond motifs is 2. The molecule has 1 atom stereocenters. The Kier molecular flexibility index (Phi) is 4.71. The summed E-state index contributed by atoms with van der Waals surface area (Å²) in [5.41, 5.74) is 2.15. The van der Waals surface area contributed by atoms with Crippen LogP contribution in [0.2, 0.25) is 0 Å². The molecule has 0 spiro atoms. The van der Waals surface area contributed by atoms with E-state index in [1.165, 1.54) is 11.8 Å². The summed E-state index contributed by atoms with van der Waals surface area (Å²) in [7, 11) is 1.82. The van der Waals surface area contributed by atoms with Crippen LogP contribution < -0.4 is 20.3 Å². The average molecular weight is 421 g/mol. The van der Waals surface area contributed by atoms with E-state index < -0.39 is 0 Å². The molecule has 2 aliphatic heterocycles. The largest absolute Gasteiger partial charge is 0.454 e. The third kappa shape index (κ3) is 3.33. The lowest BCUT2D eigenvalue weighted by Crippen LogP contribution is -2.33. The van der Waals surface area contributed by atoms with Crippen molar-refractivity contribution in [3.63, 3.8) is 0 Å². The van der Waals surface area contributed by atoms with Crippen LogP contribution in [0.15, 0.2) is 58.5 Å². The molecular formula is C22H19N3O4S. The molecule has 1 aromatic heterocycles. The van der Waals surface area contributed by atoms with Crippen LogP contribution in [0.3, 0.4) is 0 Å². The van der Waals surface area contributed by atoms with E-state index in [1.807, 2.05) is 55.6 Å². The van der Waals surface area contributed by atoms with Gasteiger partial charge in [-0.25, -0.2) is 0 Å². The molecule has 0 saturated heterocycles.